The first-order valence-electron chi connectivity index (χ1n) is 2.59. The molecular formula is C5H12OS2. The van der Waals surface area contributed by atoms with Crippen LogP contribution in [0.15, 0.2) is 0 Å². The minimum absolute atomic E-state index is 0.876. The van der Waals surface area contributed by atoms with E-state index in [0.717, 1.165) is 23.9 Å². The quantitative estimate of drug-likeness (QED) is 0.364. The lowest BCUT2D eigenvalue weighted by Crippen LogP contribution is -1.89. The second-order valence-electron chi connectivity index (χ2n) is 1.38. The third-order valence-corrected chi connectivity index (χ3v) is 2.04. The Morgan fingerprint density at radius 2 is 2.38 bits per heavy atom. The van der Waals surface area contributed by atoms with Gasteiger partial charge in [0.1, 0.15) is 0 Å². The van der Waals surface area contributed by atoms with E-state index in [9.17, 15) is 0 Å². The molecule has 0 atom stereocenters. The fourth-order valence-corrected chi connectivity index (χ4v) is 1.21. The molecule has 0 aliphatic rings. The zero-order chi connectivity index (χ0) is 6.24. The van der Waals surface area contributed by atoms with E-state index in [4.69, 9.17) is 4.74 Å². The lowest BCUT2D eigenvalue weighted by atomic mass is 10.5. The molecule has 0 saturated carbocycles. The summed E-state index contributed by atoms with van der Waals surface area (Å²) in [5.41, 5.74) is 0. The van der Waals surface area contributed by atoms with E-state index in [1.54, 1.807) is 7.11 Å². The number of hydrogen-bond acceptors (Lipinski definition) is 3. The molecule has 0 bridgehead atoms. The standard InChI is InChI=1S/C5H12OS2/c1-6-3-2-4-8-5-7/h7H,2-5H2,1H3. The van der Waals surface area contributed by atoms with Crippen molar-refractivity contribution in [2.45, 2.75) is 6.42 Å². The molecule has 1 nitrogen and oxygen atoms in total. The van der Waals surface area contributed by atoms with Gasteiger partial charge in [0.15, 0.2) is 0 Å². The molecule has 0 radical (unpaired) electrons. The molecule has 3 heteroatoms. The molecule has 0 aliphatic heterocycles. The molecule has 0 aromatic rings. The number of thioether (sulfide) groups is 1. The van der Waals surface area contributed by atoms with Gasteiger partial charge in [0.25, 0.3) is 0 Å². The van der Waals surface area contributed by atoms with Crippen molar-refractivity contribution in [3.63, 3.8) is 0 Å². The number of methoxy groups -OCH3 is 1. The number of ether oxygens (including phenoxy) is 1. The van der Waals surface area contributed by atoms with E-state index in [-0.39, 0.29) is 0 Å². The predicted molar refractivity (Wildman–Crippen MR) is 42.8 cm³/mol. The Bertz CT molecular complexity index is 35.4. The lowest BCUT2D eigenvalue weighted by molar-refractivity contribution is 0.200. The van der Waals surface area contributed by atoms with Crippen molar-refractivity contribution in [1.82, 2.24) is 0 Å². The van der Waals surface area contributed by atoms with Gasteiger partial charge < -0.3 is 4.74 Å². The van der Waals surface area contributed by atoms with Crippen LogP contribution in [0.3, 0.4) is 0 Å². The summed E-state index contributed by atoms with van der Waals surface area (Å²) in [5, 5.41) is 0.920. The Kier molecular flexibility index (Phi) is 8.29. The largest absolute Gasteiger partial charge is 0.385 e. The molecule has 0 unspecified atom stereocenters. The minimum Gasteiger partial charge on any atom is -0.385 e. The van der Waals surface area contributed by atoms with Crippen molar-refractivity contribution in [2.75, 3.05) is 24.6 Å². The third-order valence-electron chi connectivity index (χ3n) is 0.728. The molecule has 0 rings (SSSR count). The summed E-state index contributed by atoms with van der Waals surface area (Å²) in [6, 6.07) is 0. The average Bonchev–Trinajstić information content (AvgIpc) is 1.81. The van der Waals surface area contributed by atoms with Crippen LogP contribution in [0.25, 0.3) is 0 Å². The van der Waals surface area contributed by atoms with Crippen LogP contribution >= 0.6 is 24.4 Å². The monoisotopic (exact) mass is 152 g/mol. The summed E-state index contributed by atoms with van der Waals surface area (Å²) in [6.07, 6.45) is 1.14. The molecule has 0 aromatic carbocycles. The van der Waals surface area contributed by atoms with Crippen molar-refractivity contribution < 1.29 is 4.74 Å². The SMILES string of the molecule is COCCCSCS. The zero-order valence-corrected chi connectivity index (χ0v) is 6.80. The first kappa shape index (κ1) is 8.66. The highest BCUT2D eigenvalue weighted by Gasteiger charge is 1.83. The van der Waals surface area contributed by atoms with E-state index in [0.29, 0.717) is 0 Å². The highest BCUT2D eigenvalue weighted by molar-refractivity contribution is 8.09. The predicted octanol–water partition coefficient (Wildman–Crippen LogP) is 1.64. The molecule has 0 aromatic heterocycles. The molecule has 50 valence electrons. The smallest absolute Gasteiger partial charge is 0.0470 e. The van der Waals surface area contributed by atoms with E-state index < -0.39 is 0 Å². The molecule has 0 N–H and O–H groups in total. The topological polar surface area (TPSA) is 9.23 Å². The number of hydrogen-bond donors (Lipinski definition) is 1. The summed E-state index contributed by atoms with van der Waals surface area (Å²) >= 11 is 5.88. The summed E-state index contributed by atoms with van der Waals surface area (Å²) in [7, 11) is 1.73. The Morgan fingerprint density at radius 1 is 1.62 bits per heavy atom. The molecule has 0 heterocycles. The van der Waals surface area contributed by atoms with E-state index in [1.165, 1.54) is 0 Å². The van der Waals surface area contributed by atoms with Crippen LogP contribution in [0.5, 0.6) is 0 Å². The highest BCUT2D eigenvalue weighted by atomic mass is 32.2. The van der Waals surface area contributed by atoms with Crippen LogP contribution < -0.4 is 0 Å². The van der Waals surface area contributed by atoms with Crippen LogP contribution in [-0.2, 0) is 4.74 Å². The Balaban J connectivity index is 2.53. The van der Waals surface area contributed by atoms with Gasteiger partial charge >= 0.3 is 0 Å². The van der Waals surface area contributed by atoms with Crippen molar-refractivity contribution in [3.05, 3.63) is 0 Å². The minimum atomic E-state index is 0.876. The van der Waals surface area contributed by atoms with Gasteiger partial charge in [-0.1, -0.05) is 0 Å². The third kappa shape index (κ3) is 6.66. The van der Waals surface area contributed by atoms with Gasteiger partial charge in [-0.15, -0.1) is 0 Å². The molecule has 0 spiro atoms. The fraction of sp³-hybridized carbons (Fsp3) is 1.00. The molecule has 8 heavy (non-hydrogen) atoms. The normalized spacial score (nSPS) is 9.75. The molecule has 0 fully saturated rings. The van der Waals surface area contributed by atoms with Gasteiger partial charge in [0.2, 0.25) is 0 Å². The Labute approximate surface area is 60.6 Å². The van der Waals surface area contributed by atoms with Crippen LogP contribution in [0, 0.1) is 0 Å². The number of rotatable bonds is 5. The van der Waals surface area contributed by atoms with Crippen molar-refractivity contribution in [1.29, 1.82) is 0 Å². The van der Waals surface area contributed by atoms with Gasteiger partial charge in [-0.05, 0) is 12.2 Å². The second-order valence-corrected chi connectivity index (χ2v) is 3.23. The second kappa shape index (κ2) is 7.66. The fourth-order valence-electron chi connectivity index (χ4n) is 0.370. The maximum absolute atomic E-state index is 4.85. The van der Waals surface area contributed by atoms with E-state index in [2.05, 4.69) is 12.6 Å². The summed E-state index contributed by atoms with van der Waals surface area (Å²) in [5.74, 6) is 1.16. The van der Waals surface area contributed by atoms with Crippen molar-refractivity contribution in [3.8, 4) is 0 Å². The van der Waals surface area contributed by atoms with Crippen LogP contribution in [0.2, 0.25) is 0 Å². The van der Waals surface area contributed by atoms with Gasteiger partial charge in [-0.2, -0.15) is 24.4 Å². The Hall–Kier alpha value is 0.660. The molecule has 0 amide bonds. The summed E-state index contributed by atoms with van der Waals surface area (Å²) < 4.78 is 4.85. The van der Waals surface area contributed by atoms with Crippen LogP contribution in [0.1, 0.15) is 6.42 Å². The molecular weight excluding hydrogens is 140 g/mol. The summed E-state index contributed by atoms with van der Waals surface area (Å²) in [4.78, 5) is 0. The van der Waals surface area contributed by atoms with Gasteiger partial charge in [0, 0.05) is 18.8 Å². The molecule has 0 saturated heterocycles. The van der Waals surface area contributed by atoms with Gasteiger partial charge in [0.05, 0.1) is 0 Å². The first-order valence-corrected chi connectivity index (χ1v) is 4.38. The van der Waals surface area contributed by atoms with Crippen molar-refractivity contribution in [2.24, 2.45) is 0 Å². The van der Waals surface area contributed by atoms with E-state index in [1.807, 2.05) is 11.8 Å². The van der Waals surface area contributed by atoms with Crippen LogP contribution in [0.4, 0.5) is 0 Å². The maximum atomic E-state index is 4.85. The van der Waals surface area contributed by atoms with Crippen LogP contribution in [-0.4, -0.2) is 24.6 Å². The van der Waals surface area contributed by atoms with E-state index >= 15 is 0 Å². The zero-order valence-electron chi connectivity index (χ0n) is 5.09. The number of thiol groups is 1. The highest BCUT2D eigenvalue weighted by Crippen LogP contribution is 2.02. The maximum Gasteiger partial charge on any atom is 0.0470 e. The van der Waals surface area contributed by atoms with Crippen molar-refractivity contribution >= 4 is 24.4 Å². The summed E-state index contributed by atoms with van der Waals surface area (Å²) in [6.45, 7) is 0.876. The van der Waals surface area contributed by atoms with Gasteiger partial charge in [-0.3, -0.25) is 0 Å². The van der Waals surface area contributed by atoms with Gasteiger partial charge in [-0.25, -0.2) is 0 Å². The average molecular weight is 152 g/mol. The lowest BCUT2D eigenvalue weighted by Gasteiger charge is -1.95. The Morgan fingerprint density at radius 3 is 2.88 bits per heavy atom. The molecule has 0 aliphatic carbocycles. The first-order chi connectivity index (χ1) is 3.91.